The van der Waals surface area contributed by atoms with E-state index in [2.05, 4.69) is 4.72 Å². The summed E-state index contributed by atoms with van der Waals surface area (Å²) >= 11 is 5.18. The average molecular weight is 252 g/mol. The third-order valence-electron chi connectivity index (χ3n) is 1.82. The maximum absolute atomic E-state index is 13.1. The van der Waals surface area contributed by atoms with Crippen LogP contribution in [-0.2, 0) is 16.4 Å². The average Bonchev–Trinajstić information content (AvgIpc) is 2.21. The second-order valence-corrected chi connectivity index (χ2v) is 5.35. The van der Waals surface area contributed by atoms with Gasteiger partial charge in [0.15, 0.2) is 0 Å². The van der Waals surface area contributed by atoms with Crippen molar-refractivity contribution in [2.45, 2.75) is 6.42 Å². The van der Waals surface area contributed by atoms with Gasteiger partial charge in [-0.05, 0) is 18.1 Å². The van der Waals surface area contributed by atoms with Crippen molar-refractivity contribution in [3.05, 3.63) is 35.6 Å². The Morgan fingerprint density at radius 3 is 2.60 bits per heavy atom. The van der Waals surface area contributed by atoms with Gasteiger partial charge >= 0.3 is 0 Å². The van der Waals surface area contributed by atoms with E-state index in [0.717, 1.165) is 0 Å². The molecule has 1 aromatic carbocycles. The van der Waals surface area contributed by atoms with Crippen LogP contribution in [0.3, 0.4) is 0 Å². The van der Waals surface area contributed by atoms with Crippen molar-refractivity contribution in [1.29, 1.82) is 0 Å². The van der Waals surface area contributed by atoms with Crippen LogP contribution in [0.5, 0.6) is 0 Å². The van der Waals surface area contributed by atoms with Gasteiger partial charge in [-0.2, -0.15) is 0 Å². The van der Waals surface area contributed by atoms with E-state index in [9.17, 15) is 12.8 Å². The Morgan fingerprint density at radius 2 is 2.00 bits per heavy atom. The highest BCUT2D eigenvalue weighted by Crippen LogP contribution is 2.06. The van der Waals surface area contributed by atoms with Gasteiger partial charge in [0, 0.05) is 6.54 Å². The number of halogens is 2. The van der Waals surface area contributed by atoms with E-state index in [1.54, 1.807) is 18.2 Å². The van der Waals surface area contributed by atoms with Gasteiger partial charge < -0.3 is 0 Å². The third-order valence-corrected chi connectivity index (χ3v) is 3.61. The summed E-state index contributed by atoms with van der Waals surface area (Å²) in [4.78, 5) is 0. The number of benzene rings is 1. The smallest absolute Gasteiger partial charge is 0.214 e. The van der Waals surface area contributed by atoms with Crippen molar-refractivity contribution in [3.63, 3.8) is 0 Å². The minimum Gasteiger partial charge on any atom is -0.214 e. The third kappa shape index (κ3) is 4.15. The molecule has 0 radical (unpaired) electrons. The highest BCUT2D eigenvalue weighted by Gasteiger charge is 2.07. The largest absolute Gasteiger partial charge is 0.225 e. The molecule has 0 atom stereocenters. The molecule has 6 heteroatoms. The highest BCUT2D eigenvalue weighted by atomic mass is 35.5. The molecule has 15 heavy (non-hydrogen) atoms. The fraction of sp³-hybridized carbons (Fsp3) is 0.333. The van der Waals surface area contributed by atoms with Gasteiger partial charge in [-0.1, -0.05) is 18.2 Å². The number of hydrogen-bond donors (Lipinski definition) is 1. The molecule has 0 saturated heterocycles. The minimum atomic E-state index is -3.41. The van der Waals surface area contributed by atoms with Crippen LogP contribution in [0.1, 0.15) is 5.56 Å². The van der Waals surface area contributed by atoms with E-state index in [4.69, 9.17) is 11.6 Å². The maximum Gasteiger partial charge on any atom is 0.225 e. The van der Waals surface area contributed by atoms with Gasteiger partial charge in [-0.15, -0.1) is 11.6 Å². The SMILES string of the molecule is O=S(=O)(CCl)NCCc1ccccc1F. The second-order valence-electron chi connectivity index (χ2n) is 2.96. The van der Waals surface area contributed by atoms with E-state index in [1.807, 2.05) is 0 Å². The van der Waals surface area contributed by atoms with Gasteiger partial charge in [-0.25, -0.2) is 17.5 Å². The van der Waals surface area contributed by atoms with Crippen molar-refractivity contribution in [2.24, 2.45) is 0 Å². The van der Waals surface area contributed by atoms with Gasteiger partial charge in [0.25, 0.3) is 0 Å². The summed E-state index contributed by atoms with van der Waals surface area (Å²) in [5.74, 6) is -0.331. The molecule has 3 nitrogen and oxygen atoms in total. The maximum atomic E-state index is 13.1. The normalized spacial score (nSPS) is 11.6. The first-order valence-electron chi connectivity index (χ1n) is 4.32. The van der Waals surface area contributed by atoms with Gasteiger partial charge in [0.05, 0.1) is 0 Å². The zero-order valence-corrected chi connectivity index (χ0v) is 9.48. The van der Waals surface area contributed by atoms with Crippen LogP contribution in [-0.4, -0.2) is 20.2 Å². The van der Waals surface area contributed by atoms with Crippen LogP contribution in [0.15, 0.2) is 24.3 Å². The van der Waals surface area contributed by atoms with Gasteiger partial charge in [0.1, 0.15) is 11.0 Å². The lowest BCUT2D eigenvalue weighted by molar-refractivity contribution is 0.581. The first-order chi connectivity index (χ1) is 7.05. The van der Waals surface area contributed by atoms with E-state index in [1.165, 1.54) is 6.07 Å². The Balaban J connectivity index is 2.49. The minimum absolute atomic E-state index is 0.149. The Labute approximate surface area is 93.3 Å². The van der Waals surface area contributed by atoms with E-state index in [0.29, 0.717) is 12.0 Å². The van der Waals surface area contributed by atoms with Crippen molar-refractivity contribution in [2.75, 3.05) is 11.8 Å². The first kappa shape index (κ1) is 12.4. The Morgan fingerprint density at radius 1 is 1.33 bits per heavy atom. The fourth-order valence-electron chi connectivity index (χ4n) is 1.08. The van der Waals surface area contributed by atoms with Crippen LogP contribution >= 0.6 is 11.6 Å². The van der Waals surface area contributed by atoms with Crippen molar-refractivity contribution < 1.29 is 12.8 Å². The number of nitrogens with one attached hydrogen (secondary N) is 1. The molecular weight excluding hydrogens is 241 g/mol. The summed E-state index contributed by atoms with van der Waals surface area (Å²) in [7, 11) is -3.41. The summed E-state index contributed by atoms with van der Waals surface area (Å²) in [6, 6.07) is 6.24. The lowest BCUT2D eigenvalue weighted by Crippen LogP contribution is -2.26. The first-order valence-corrected chi connectivity index (χ1v) is 6.50. The zero-order chi connectivity index (χ0) is 11.3. The Hall–Kier alpha value is -0.650. The zero-order valence-electron chi connectivity index (χ0n) is 7.91. The van der Waals surface area contributed by atoms with Crippen LogP contribution in [0, 0.1) is 5.82 Å². The molecule has 0 spiro atoms. The molecular formula is C9H11ClFNO2S. The quantitative estimate of drug-likeness (QED) is 0.806. The predicted molar refractivity (Wildman–Crippen MR) is 57.7 cm³/mol. The molecule has 0 bridgehead atoms. The molecule has 84 valence electrons. The molecule has 1 aromatic rings. The van der Waals surface area contributed by atoms with Gasteiger partial charge in [-0.3, -0.25) is 0 Å². The highest BCUT2D eigenvalue weighted by molar-refractivity contribution is 7.90. The molecule has 1 N–H and O–H groups in total. The molecule has 0 aliphatic rings. The van der Waals surface area contributed by atoms with Crippen LogP contribution < -0.4 is 4.72 Å². The molecule has 0 amide bonds. The van der Waals surface area contributed by atoms with Crippen LogP contribution in [0.4, 0.5) is 4.39 Å². The van der Waals surface area contributed by atoms with Crippen LogP contribution in [0.2, 0.25) is 0 Å². The lowest BCUT2D eigenvalue weighted by atomic mass is 10.1. The number of alkyl halides is 1. The molecule has 0 saturated carbocycles. The van der Waals surface area contributed by atoms with Gasteiger partial charge in [0.2, 0.25) is 10.0 Å². The van der Waals surface area contributed by atoms with Crippen molar-refractivity contribution in [1.82, 2.24) is 4.72 Å². The molecule has 0 aliphatic carbocycles. The van der Waals surface area contributed by atoms with E-state index < -0.39 is 15.2 Å². The standard InChI is InChI=1S/C9H11ClFNO2S/c10-7-15(13,14)12-6-5-8-3-1-2-4-9(8)11/h1-4,12H,5-7H2. The lowest BCUT2D eigenvalue weighted by Gasteiger charge is -2.04. The Kier molecular flexibility index (Phi) is 4.50. The Bertz CT molecular complexity index is 422. The van der Waals surface area contributed by atoms with E-state index in [-0.39, 0.29) is 12.4 Å². The number of hydrogen-bond acceptors (Lipinski definition) is 2. The molecule has 0 unspecified atom stereocenters. The van der Waals surface area contributed by atoms with E-state index >= 15 is 0 Å². The summed E-state index contributed by atoms with van der Waals surface area (Å²) in [6.07, 6.45) is 0.308. The second kappa shape index (κ2) is 5.44. The molecule has 0 heterocycles. The van der Waals surface area contributed by atoms with Crippen molar-refractivity contribution >= 4 is 21.6 Å². The van der Waals surface area contributed by atoms with Crippen molar-refractivity contribution in [3.8, 4) is 0 Å². The predicted octanol–water partition coefficient (Wildman–Crippen LogP) is 1.48. The number of rotatable bonds is 5. The summed E-state index contributed by atoms with van der Waals surface area (Å²) in [6.45, 7) is 0.149. The molecule has 1 rings (SSSR count). The monoisotopic (exact) mass is 251 g/mol. The molecule has 0 fully saturated rings. The molecule has 0 aromatic heterocycles. The summed E-state index contributed by atoms with van der Waals surface area (Å²) < 4.78 is 37.2. The summed E-state index contributed by atoms with van der Waals surface area (Å²) in [5, 5.41) is -0.482. The summed E-state index contributed by atoms with van der Waals surface area (Å²) in [5.41, 5.74) is 0.481. The van der Waals surface area contributed by atoms with Crippen LogP contribution in [0.25, 0.3) is 0 Å². The molecule has 0 aliphatic heterocycles. The number of sulfonamides is 1. The fourth-order valence-corrected chi connectivity index (χ4v) is 1.80. The topological polar surface area (TPSA) is 46.2 Å².